The molecule has 2 aliphatic heterocycles. The van der Waals surface area contributed by atoms with E-state index in [-0.39, 0.29) is 17.9 Å². The van der Waals surface area contributed by atoms with Crippen molar-refractivity contribution in [3.63, 3.8) is 0 Å². The Morgan fingerprint density at radius 3 is 2.96 bits per heavy atom. The second-order valence-electron chi connectivity index (χ2n) is 7.08. The predicted octanol–water partition coefficient (Wildman–Crippen LogP) is 1.61. The van der Waals surface area contributed by atoms with Crippen LogP contribution in [0.2, 0.25) is 0 Å². The van der Waals surface area contributed by atoms with Gasteiger partial charge in [0.25, 0.3) is 5.91 Å². The summed E-state index contributed by atoms with van der Waals surface area (Å²) in [7, 11) is 0. The van der Waals surface area contributed by atoms with Gasteiger partial charge in [0.2, 0.25) is 5.91 Å². The molecule has 6 heteroatoms. The highest BCUT2D eigenvalue weighted by Gasteiger charge is 2.49. The van der Waals surface area contributed by atoms with Crippen molar-refractivity contribution in [3.8, 4) is 0 Å². The van der Waals surface area contributed by atoms with Gasteiger partial charge >= 0.3 is 0 Å². The van der Waals surface area contributed by atoms with Crippen LogP contribution in [0.5, 0.6) is 0 Å². The number of fused-ring (bicyclic) bond motifs is 1. The van der Waals surface area contributed by atoms with Gasteiger partial charge in [-0.3, -0.25) is 9.59 Å². The van der Waals surface area contributed by atoms with Crippen molar-refractivity contribution in [1.82, 2.24) is 10.2 Å². The van der Waals surface area contributed by atoms with Gasteiger partial charge in [-0.1, -0.05) is 6.92 Å². The number of hydrogen-bond acceptors (Lipinski definition) is 4. The number of amides is 2. The van der Waals surface area contributed by atoms with Crippen LogP contribution >= 0.6 is 11.3 Å². The van der Waals surface area contributed by atoms with Gasteiger partial charge in [0.05, 0.1) is 12.7 Å². The molecule has 1 aromatic rings. The molecule has 23 heavy (non-hydrogen) atoms. The summed E-state index contributed by atoms with van der Waals surface area (Å²) in [6.07, 6.45) is 1.18. The first-order chi connectivity index (χ1) is 11.1. The van der Waals surface area contributed by atoms with E-state index in [0.717, 1.165) is 25.1 Å². The van der Waals surface area contributed by atoms with Gasteiger partial charge in [-0.15, -0.1) is 0 Å². The largest absolute Gasteiger partial charge is 0.376 e. The first-order valence-corrected chi connectivity index (χ1v) is 9.28. The van der Waals surface area contributed by atoms with E-state index in [1.807, 2.05) is 21.7 Å². The van der Waals surface area contributed by atoms with Crippen LogP contribution in [0.3, 0.4) is 0 Å². The van der Waals surface area contributed by atoms with Crippen LogP contribution in [0.1, 0.15) is 23.7 Å². The Labute approximate surface area is 140 Å². The van der Waals surface area contributed by atoms with Crippen LogP contribution in [-0.2, 0) is 9.53 Å². The van der Waals surface area contributed by atoms with Gasteiger partial charge in [0.15, 0.2) is 0 Å². The molecule has 0 aromatic carbocycles. The third kappa shape index (κ3) is 2.90. The van der Waals surface area contributed by atoms with Gasteiger partial charge in [-0.2, -0.15) is 11.3 Å². The molecule has 1 aromatic heterocycles. The average Bonchev–Trinajstić information content (AvgIpc) is 2.99. The van der Waals surface area contributed by atoms with Crippen molar-refractivity contribution < 1.29 is 14.3 Å². The summed E-state index contributed by atoms with van der Waals surface area (Å²) in [6.45, 7) is 4.95. The van der Waals surface area contributed by atoms with Crippen LogP contribution in [0, 0.1) is 23.7 Å². The molecule has 5 atom stereocenters. The van der Waals surface area contributed by atoms with Crippen molar-refractivity contribution in [3.05, 3.63) is 22.4 Å². The molecule has 1 N–H and O–H groups in total. The lowest BCUT2D eigenvalue weighted by molar-refractivity contribution is -0.132. The molecule has 1 aliphatic carbocycles. The molecule has 124 valence electrons. The monoisotopic (exact) mass is 334 g/mol. The Balaban J connectivity index is 1.31. The molecule has 0 unspecified atom stereocenters. The molecule has 2 amide bonds. The Bertz CT molecular complexity index is 603. The Hall–Kier alpha value is -1.40. The third-order valence-corrected chi connectivity index (χ3v) is 6.17. The molecule has 3 aliphatic rings. The van der Waals surface area contributed by atoms with Crippen LogP contribution in [0.15, 0.2) is 16.8 Å². The van der Waals surface area contributed by atoms with Crippen molar-refractivity contribution >= 4 is 23.2 Å². The zero-order chi connectivity index (χ0) is 16.0. The quantitative estimate of drug-likeness (QED) is 0.910. The van der Waals surface area contributed by atoms with Gasteiger partial charge in [-0.25, -0.2) is 0 Å². The average molecular weight is 334 g/mol. The smallest absolute Gasteiger partial charge is 0.252 e. The van der Waals surface area contributed by atoms with Crippen molar-refractivity contribution in [2.24, 2.45) is 23.7 Å². The number of rotatable bonds is 4. The normalized spacial score (nSPS) is 35.2. The molecular formula is C17H22N2O3S. The summed E-state index contributed by atoms with van der Waals surface area (Å²) < 4.78 is 5.88. The molecular weight excluding hydrogens is 312 g/mol. The lowest BCUT2D eigenvalue weighted by atomic mass is 9.93. The summed E-state index contributed by atoms with van der Waals surface area (Å²) in [4.78, 5) is 26.4. The van der Waals surface area contributed by atoms with E-state index < -0.39 is 0 Å². The van der Waals surface area contributed by atoms with Gasteiger partial charge in [-0.05, 0) is 23.8 Å². The number of carbonyl (C=O) groups is 2. The molecule has 0 spiro atoms. The van der Waals surface area contributed by atoms with E-state index in [4.69, 9.17) is 4.74 Å². The van der Waals surface area contributed by atoms with E-state index >= 15 is 0 Å². The molecule has 5 nitrogen and oxygen atoms in total. The molecule has 1 saturated carbocycles. The predicted molar refractivity (Wildman–Crippen MR) is 87.2 cm³/mol. The van der Waals surface area contributed by atoms with E-state index in [0.29, 0.717) is 36.8 Å². The number of thiophene rings is 1. The summed E-state index contributed by atoms with van der Waals surface area (Å²) in [6, 6.07) is 1.83. The SMILES string of the molecule is C[C@@H]1C[C@H]1C(=O)N1C[C@@H]2[C@H](CNC(=O)c3ccsc3)CO[C@@H]2C1. The Morgan fingerprint density at radius 2 is 2.26 bits per heavy atom. The van der Waals surface area contributed by atoms with E-state index in [1.165, 1.54) is 11.3 Å². The first kappa shape index (κ1) is 15.1. The number of hydrogen-bond donors (Lipinski definition) is 1. The minimum Gasteiger partial charge on any atom is -0.376 e. The molecule has 4 rings (SSSR count). The summed E-state index contributed by atoms with van der Waals surface area (Å²) >= 11 is 1.52. The second-order valence-corrected chi connectivity index (χ2v) is 7.86. The number of nitrogens with one attached hydrogen (secondary N) is 1. The van der Waals surface area contributed by atoms with Crippen LogP contribution in [-0.4, -0.2) is 49.1 Å². The maximum Gasteiger partial charge on any atom is 0.252 e. The van der Waals surface area contributed by atoms with E-state index in [9.17, 15) is 9.59 Å². The number of likely N-dealkylation sites (tertiary alicyclic amines) is 1. The highest BCUT2D eigenvalue weighted by molar-refractivity contribution is 7.08. The third-order valence-electron chi connectivity index (χ3n) is 5.49. The van der Waals surface area contributed by atoms with E-state index in [1.54, 1.807) is 0 Å². The zero-order valence-corrected chi connectivity index (χ0v) is 14.1. The fourth-order valence-corrected chi connectivity index (χ4v) is 4.45. The fraction of sp³-hybridized carbons (Fsp3) is 0.647. The summed E-state index contributed by atoms with van der Waals surface area (Å²) in [5.74, 6) is 1.73. The number of ether oxygens (including phenoxy) is 1. The molecule has 2 saturated heterocycles. The molecule has 3 fully saturated rings. The number of carbonyl (C=O) groups excluding carboxylic acids is 2. The van der Waals surface area contributed by atoms with Gasteiger partial charge < -0.3 is 15.0 Å². The van der Waals surface area contributed by atoms with E-state index in [2.05, 4.69) is 12.2 Å². The van der Waals surface area contributed by atoms with Crippen molar-refractivity contribution in [2.75, 3.05) is 26.2 Å². The molecule has 0 bridgehead atoms. The minimum absolute atomic E-state index is 0.0209. The van der Waals surface area contributed by atoms with Crippen molar-refractivity contribution in [1.29, 1.82) is 0 Å². The lowest BCUT2D eigenvalue weighted by Crippen LogP contribution is -2.35. The summed E-state index contributed by atoms with van der Waals surface area (Å²) in [5.41, 5.74) is 0.719. The Morgan fingerprint density at radius 1 is 1.43 bits per heavy atom. The van der Waals surface area contributed by atoms with Crippen molar-refractivity contribution in [2.45, 2.75) is 19.4 Å². The van der Waals surface area contributed by atoms with Gasteiger partial charge in [0.1, 0.15) is 0 Å². The maximum atomic E-state index is 12.4. The molecule has 0 radical (unpaired) electrons. The summed E-state index contributed by atoms with van der Waals surface area (Å²) in [5, 5.41) is 6.77. The highest BCUT2D eigenvalue weighted by Crippen LogP contribution is 2.41. The maximum absolute atomic E-state index is 12.4. The second kappa shape index (κ2) is 5.91. The zero-order valence-electron chi connectivity index (χ0n) is 13.2. The molecule has 3 heterocycles. The van der Waals surface area contributed by atoms with Gasteiger partial charge in [0, 0.05) is 48.3 Å². The highest BCUT2D eigenvalue weighted by atomic mass is 32.1. The Kier molecular flexibility index (Phi) is 3.89. The van der Waals surface area contributed by atoms with Crippen LogP contribution < -0.4 is 5.32 Å². The van der Waals surface area contributed by atoms with Crippen LogP contribution in [0.25, 0.3) is 0 Å². The minimum atomic E-state index is -0.0209. The number of nitrogens with zero attached hydrogens (tertiary/aromatic N) is 1. The fourth-order valence-electron chi connectivity index (χ4n) is 3.81. The van der Waals surface area contributed by atoms with Crippen LogP contribution in [0.4, 0.5) is 0 Å². The topological polar surface area (TPSA) is 58.6 Å². The lowest BCUT2D eigenvalue weighted by Gasteiger charge is -2.20. The standard InChI is InChI=1S/C17H22N2O3S/c1-10-4-13(10)17(21)19-6-14-12(8-22-15(14)7-19)5-18-16(20)11-2-3-23-9-11/h2-3,9-10,12-15H,4-8H2,1H3,(H,18,20)/t10-,12-,13-,14-,15-/m1/s1. The first-order valence-electron chi connectivity index (χ1n) is 8.34.